The van der Waals surface area contributed by atoms with E-state index in [9.17, 15) is 4.79 Å². The fourth-order valence-corrected chi connectivity index (χ4v) is 1.91. The molecule has 0 bridgehead atoms. The molecule has 0 spiro atoms. The Morgan fingerprint density at radius 1 is 1.06 bits per heavy atom. The lowest BCUT2D eigenvalue weighted by Crippen LogP contribution is -2.48. The Bertz CT molecular complexity index is 180. The Hall–Kier alpha value is -0.220. The molecule has 1 rings (SSSR count). The summed E-state index contributed by atoms with van der Waals surface area (Å²) in [6, 6.07) is 0. The third-order valence-electron chi connectivity index (χ3n) is 2.73. The average Bonchev–Trinajstić information content (AvgIpc) is 2.33. The first kappa shape index (κ1) is 19.1. The highest BCUT2D eigenvalue weighted by atomic mass is 32.1. The summed E-state index contributed by atoms with van der Waals surface area (Å²) in [7, 11) is 0. The van der Waals surface area contributed by atoms with Crippen LogP contribution in [0.1, 0.15) is 40.5 Å². The van der Waals surface area contributed by atoms with Gasteiger partial charge in [-0.3, -0.25) is 9.69 Å². The molecule has 3 nitrogen and oxygen atoms in total. The van der Waals surface area contributed by atoms with Gasteiger partial charge in [0.2, 0.25) is 5.91 Å². The molecule has 0 unspecified atom stereocenters. The molecule has 4 heteroatoms. The van der Waals surface area contributed by atoms with Crippen LogP contribution in [0.25, 0.3) is 0 Å². The number of nitrogens with zero attached hydrogens (tertiary/aromatic N) is 2. The molecule has 17 heavy (non-hydrogen) atoms. The molecule has 0 atom stereocenters. The van der Waals surface area contributed by atoms with Crippen molar-refractivity contribution in [1.29, 1.82) is 0 Å². The molecule has 1 saturated heterocycles. The van der Waals surface area contributed by atoms with Gasteiger partial charge in [-0.1, -0.05) is 21.3 Å². The van der Waals surface area contributed by atoms with Crippen LogP contribution in [0.4, 0.5) is 0 Å². The van der Waals surface area contributed by atoms with Crippen molar-refractivity contribution in [3.05, 3.63) is 0 Å². The maximum atomic E-state index is 11.6. The highest BCUT2D eigenvalue weighted by Crippen LogP contribution is 2.05. The smallest absolute Gasteiger partial charge is 0.222 e. The standard InChI is InChI=1S/C11H22N2O.CH4S.CH4/c1-3-5-11(14)13-9-7-12(6-4-2)8-10-13;1-2;/h3-10H2,1-2H3;2H,1H3;1H4. The summed E-state index contributed by atoms with van der Waals surface area (Å²) in [5.74, 6) is 0.337. The van der Waals surface area contributed by atoms with E-state index in [-0.39, 0.29) is 7.43 Å². The second kappa shape index (κ2) is 12.2. The monoisotopic (exact) mass is 262 g/mol. The topological polar surface area (TPSA) is 23.6 Å². The number of amides is 1. The van der Waals surface area contributed by atoms with Crippen molar-refractivity contribution in [3.8, 4) is 0 Å². The molecule has 0 aromatic carbocycles. The third-order valence-corrected chi connectivity index (χ3v) is 2.73. The summed E-state index contributed by atoms with van der Waals surface area (Å²) in [5, 5.41) is 0. The Labute approximate surface area is 113 Å². The van der Waals surface area contributed by atoms with Crippen molar-refractivity contribution in [2.24, 2.45) is 0 Å². The summed E-state index contributed by atoms with van der Waals surface area (Å²) in [6.07, 6.45) is 4.59. The van der Waals surface area contributed by atoms with Gasteiger partial charge < -0.3 is 4.90 Å². The Balaban J connectivity index is 0. The second-order valence-electron chi connectivity index (χ2n) is 3.97. The number of piperazine rings is 1. The van der Waals surface area contributed by atoms with Gasteiger partial charge in [-0.05, 0) is 25.6 Å². The minimum atomic E-state index is 0. The zero-order valence-corrected chi connectivity index (χ0v) is 11.8. The number of hydrogen-bond acceptors (Lipinski definition) is 3. The van der Waals surface area contributed by atoms with E-state index in [4.69, 9.17) is 0 Å². The van der Waals surface area contributed by atoms with Crippen molar-refractivity contribution in [3.63, 3.8) is 0 Å². The van der Waals surface area contributed by atoms with E-state index < -0.39 is 0 Å². The molecule has 1 aliphatic heterocycles. The van der Waals surface area contributed by atoms with Crippen LogP contribution in [0.3, 0.4) is 0 Å². The molecule has 0 saturated carbocycles. The fourth-order valence-electron chi connectivity index (χ4n) is 1.91. The van der Waals surface area contributed by atoms with Crippen LogP contribution in [-0.4, -0.2) is 54.7 Å². The van der Waals surface area contributed by atoms with E-state index in [1.807, 2.05) is 4.90 Å². The van der Waals surface area contributed by atoms with Crippen LogP contribution in [0.2, 0.25) is 0 Å². The van der Waals surface area contributed by atoms with Crippen LogP contribution < -0.4 is 0 Å². The molecule has 0 aromatic heterocycles. The lowest BCUT2D eigenvalue weighted by Gasteiger charge is -2.34. The fraction of sp³-hybridized carbons (Fsp3) is 0.923. The average molecular weight is 262 g/mol. The quantitative estimate of drug-likeness (QED) is 0.787. The number of carbonyl (C=O) groups is 1. The van der Waals surface area contributed by atoms with Gasteiger partial charge in [-0.15, -0.1) is 0 Å². The summed E-state index contributed by atoms with van der Waals surface area (Å²) >= 11 is 3.53. The Morgan fingerprint density at radius 3 is 2.00 bits per heavy atom. The molecule has 0 aromatic rings. The second-order valence-corrected chi connectivity index (χ2v) is 3.97. The van der Waals surface area contributed by atoms with Gasteiger partial charge in [-0.25, -0.2) is 0 Å². The van der Waals surface area contributed by atoms with Gasteiger partial charge in [0.25, 0.3) is 0 Å². The molecule has 1 heterocycles. The third kappa shape index (κ3) is 7.66. The lowest BCUT2D eigenvalue weighted by atomic mass is 10.2. The zero-order valence-electron chi connectivity index (χ0n) is 10.9. The number of rotatable bonds is 4. The van der Waals surface area contributed by atoms with E-state index >= 15 is 0 Å². The van der Waals surface area contributed by atoms with Crippen LogP contribution in [0.5, 0.6) is 0 Å². The normalized spacial score (nSPS) is 15.6. The Kier molecular flexibility index (Phi) is 13.8. The van der Waals surface area contributed by atoms with E-state index in [1.54, 1.807) is 6.26 Å². The molecule has 0 N–H and O–H groups in total. The first-order valence-electron chi connectivity index (χ1n) is 6.22. The molecule has 0 radical (unpaired) electrons. The van der Waals surface area contributed by atoms with E-state index in [0.717, 1.165) is 32.6 Å². The van der Waals surface area contributed by atoms with Gasteiger partial charge in [0, 0.05) is 32.6 Å². The minimum absolute atomic E-state index is 0. The summed E-state index contributed by atoms with van der Waals surface area (Å²) < 4.78 is 0. The Morgan fingerprint density at radius 2 is 1.59 bits per heavy atom. The molecule has 0 aliphatic carbocycles. The van der Waals surface area contributed by atoms with Gasteiger partial charge >= 0.3 is 0 Å². The minimum Gasteiger partial charge on any atom is -0.340 e. The van der Waals surface area contributed by atoms with Crippen molar-refractivity contribution in [2.45, 2.75) is 40.5 Å². The predicted octanol–water partition coefficient (Wildman–Crippen LogP) is 2.52. The molecule has 1 amide bonds. The van der Waals surface area contributed by atoms with Gasteiger partial charge in [0.1, 0.15) is 0 Å². The first-order valence-corrected chi connectivity index (χ1v) is 7.12. The summed E-state index contributed by atoms with van der Waals surface area (Å²) in [5.41, 5.74) is 0. The molecule has 1 aliphatic rings. The summed E-state index contributed by atoms with van der Waals surface area (Å²) in [6.45, 7) is 9.42. The van der Waals surface area contributed by atoms with Crippen LogP contribution in [0, 0.1) is 0 Å². The van der Waals surface area contributed by atoms with Crippen LogP contribution in [0.15, 0.2) is 0 Å². The van der Waals surface area contributed by atoms with Gasteiger partial charge in [0.05, 0.1) is 0 Å². The zero-order chi connectivity index (χ0) is 12.4. The van der Waals surface area contributed by atoms with E-state index in [0.29, 0.717) is 12.3 Å². The van der Waals surface area contributed by atoms with Crippen molar-refractivity contribution >= 4 is 18.5 Å². The maximum absolute atomic E-state index is 11.6. The number of thiol groups is 1. The molecular formula is C13H30N2OS. The van der Waals surface area contributed by atoms with Crippen molar-refractivity contribution < 1.29 is 4.79 Å². The first-order chi connectivity index (χ1) is 7.77. The SMILES string of the molecule is C.CCCC(=O)N1CCN(CCC)CC1.CS. The van der Waals surface area contributed by atoms with Gasteiger partial charge in [-0.2, -0.15) is 12.6 Å². The van der Waals surface area contributed by atoms with Gasteiger partial charge in [0.15, 0.2) is 0 Å². The highest BCUT2D eigenvalue weighted by molar-refractivity contribution is 7.79. The molecule has 1 fully saturated rings. The molecule has 104 valence electrons. The van der Waals surface area contributed by atoms with Crippen molar-refractivity contribution in [1.82, 2.24) is 9.80 Å². The van der Waals surface area contributed by atoms with Crippen LogP contribution in [-0.2, 0) is 4.79 Å². The number of hydrogen-bond donors (Lipinski definition) is 1. The largest absolute Gasteiger partial charge is 0.340 e. The molecular weight excluding hydrogens is 232 g/mol. The maximum Gasteiger partial charge on any atom is 0.222 e. The van der Waals surface area contributed by atoms with Crippen LogP contribution >= 0.6 is 12.6 Å². The van der Waals surface area contributed by atoms with E-state index in [2.05, 4.69) is 31.4 Å². The number of carbonyl (C=O) groups excluding carboxylic acids is 1. The highest BCUT2D eigenvalue weighted by Gasteiger charge is 2.19. The predicted molar refractivity (Wildman–Crippen MR) is 79.9 cm³/mol. The lowest BCUT2D eigenvalue weighted by molar-refractivity contribution is -0.132. The van der Waals surface area contributed by atoms with Crippen molar-refractivity contribution in [2.75, 3.05) is 39.0 Å². The summed E-state index contributed by atoms with van der Waals surface area (Å²) in [4.78, 5) is 16.0. The van der Waals surface area contributed by atoms with E-state index in [1.165, 1.54) is 13.0 Å².